The van der Waals surface area contributed by atoms with Crippen molar-refractivity contribution in [3.05, 3.63) is 52.4 Å². The van der Waals surface area contributed by atoms with Crippen LogP contribution < -0.4 is 11.1 Å². The molecular weight excluding hydrogens is 350 g/mol. The lowest BCUT2D eigenvalue weighted by Crippen LogP contribution is -2.17. The van der Waals surface area contributed by atoms with Crippen LogP contribution in [0.3, 0.4) is 0 Å². The van der Waals surface area contributed by atoms with Gasteiger partial charge in [0.25, 0.3) is 11.1 Å². The van der Waals surface area contributed by atoms with E-state index < -0.39 is 5.91 Å². The van der Waals surface area contributed by atoms with Gasteiger partial charge in [0.1, 0.15) is 11.3 Å². The zero-order chi connectivity index (χ0) is 18.4. The number of amides is 2. The molecule has 7 heteroatoms. The molecule has 0 saturated carbocycles. The fourth-order valence-electron chi connectivity index (χ4n) is 2.94. The van der Waals surface area contributed by atoms with Gasteiger partial charge in [-0.1, -0.05) is 0 Å². The van der Waals surface area contributed by atoms with Crippen molar-refractivity contribution >= 4 is 45.6 Å². The first-order chi connectivity index (χ1) is 12.4. The van der Waals surface area contributed by atoms with E-state index in [1.807, 2.05) is 26.0 Å². The number of carbonyl (C=O) groups is 2. The number of nitrogen functional groups attached to an aromatic ring is 1. The topological polar surface area (TPSA) is 98.2 Å². The van der Waals surface area contributed by atoms with E-state index in [1.54, 1.807) is 24.5 Å². The molecule has 3 aromatic rings. The summed E-state index contributed by atoms with van der Waals surface area (Å²) in [6, 6.07) is 5.79. The van der Waals surface area contributed by atoms with E-state index in [-0.39, 0.29) is 5.24 Å². The van der Waals surface area contributed by atoms with Crippen LogP contribution in [0.4, 0.5) is 10.5 Å². The van der Waals surface area contributed by atoms with E-state index >= 15 is 0 Å². The highest BCUT2D eigenvalue weighted by Crippen LogP contribution is 2.34. The Labute approximate surface area is 153 Å². The SMILES string of the molecule is Cc1cc(-c2cncc3cc(/C=C4/SC(=O)NC4=O)oc23)cc(C)c1N. The van der Waals surface area contributed by atoms with Gasteiger partial charge in [-0.3, -0.25) is 19.9 Å². The molecule has 1 aromatic carbocycles. The molecule has 2 aromatic heterocycles. The summed E-state index contributed by atoms with van der Waals surface area (Å²) in [4.78, 5) is 27.6. The molecule has 0 spiro atoms. The molecule has 0 unspecified atom stereocenters. The van der Waals surface area contributed by atoms with Crippen LogP contribution in [-0.2, 0) is 4.79 Å². The third-order valence-corrected chi connectivity index (χ3v) is 5.07. The molecule has 1 fully saturated rings. The summed E-state index contributed by atoms with van der Waals surface area (Å²) in [5, 5.41) is 2.66. The van der Waals surface area contributed by atoms with Crippen molar-refractivity contribution < 1.29 is 14.0 Å². The van der Waals surface area contributed by atoms with Crippen LogP contribution in [0.15, 0.2) is 39.9 Å². The maximum atomic E-state index is 11.7. The number of nitrogens with two attached hydrogens (primary N) is 1. The molecule has 0 bridgehead atoms. The largest absolute Gasteiger partial charge is 0.456 e. The molecule has 130 valence electrons. The van der Waals surface area contributed by atoms with E-state index in [0.717, 1.165) is 45.1 Å². The van der Waals surface area contributed by atoms with Crippen molar-refractivity contribution in [3.63, 3.8) is 0 Å². The Kier molecular flexibility index (Phi) is 3.81. The lowest BCUT2D eigenvalue weighted by molar-refractivity contribution is -0.115. The minimum absolute atomic E-state index is 0.308. The molecule has 6 nitrogen and oxygen atoms in total. The molecule has 26 heavy (non-hydrogen) atoms. The fourth-order valence-corrected chi connectivity index (χ4v) is 3.60. The average Bonchev–Trinajstić information content (AvgIpc) is 3.14. The highest BCUT2D eigenvalue weighted by atomic mass is 32.2. The maximum absolute atomic E-state index is 11.7. The van der Waals surface area contributed by atoms with Gasteiger partial charge in [-0.05, 0) is 60.5 Å². The monoisotopic (exact) mass is 365 g/mol. The van der Waals surface area contributed by atoms with E-state index in [0.29, 0.717) is 16.2 Å². The number of nitrogens with one attached hydrogen (secondary N) is 1. The van der Waals surface area contributed by atoms with Crippen molar-refractivity contribution in [2.24, 2.45) is 0 Å². The number of thioether (sulfide) groups is 1. The molecular formula is C19H15N3O3S. The Balaban J connectivity index is 1.83. The second-order valence-electron chi connectivity index (χ2n) is 6.13. The van der Waals surface area contributed by atoms with Gasteiger partial charge in [0.05, 0.1) is 4.91 Å². The standard InChI is InChI=1S/C19H15N3O3S/c1-9-3-11(4-10(2)16(9)20)14-8-21-7-12-5-13(25-17(12)14)6-15-18(23)22-19(24)26-15/h3-8H,20H2,1-2H3,(H,22,23,24)/b15-6+. The summed E-state index contributed by atoms with van der Waals surface area (Å²) in [5.41, 5.74) is 11.3. The van der Waals surface area contributed by atoms with Crippen molar-refractivity contribution in [1.29, 1.82) is 0 Å². The van der Waals surface area contributed by atoms with E-state index in [4.69, 9.17) is 10.2 Å². The quantitative estimate of drug-likeness (QED) is 0.526. The second kappa shape index (κ2) is 6.03. The molecule has 4 rings (SSSR count). The summed E-state index contributed by atoms with van der Waals surface area (Å²) in [6.45, 7) is 3.93. The average molecular weight is 365 g/mol. The first kappa shape index (κ1) is 16.4. The zero-order valence-electron chi connectivity index (χ0n) is 14.1. The van der Waals surface area contributed by atoms with Gasteiger partial charge in [0.2, 0.25) is 0 Å². The Morgan fingerprint density at radius 2 is 1.88 bits per heavy atom. The number of nitrogens with zero attached hydrogens (tertiary/aromatic N) is 1. The van der Waals surface area contributed by atoms with Gasteiger partial charge < -0.3 is 10.2 Å². The van der Waals surface area contributed by atoms with Crippen LogP contribution in [0.1, 0.15) is 16.9 Å². The molecule has 1 aliphatic rings. The number of imide groups is 1. The Morgan fingerprint density at radius 1 is 1.15 bits per heavy atom. The zero-order valence-corrected chi connectivity index (χ0v) is 14.9. The molecule has 0 radical (unpaired) electrons. The molecule has 1 aliphatic heterocycles. The number of hydrogen-bond acceptors (Lipinski definition) is 6. The van der Waals surface area contributed by atoms with Crippen LogP contribution in [0.25, 0.3) is 28.2 Å². The third kappa shape index (κ3) is 2.76. The second-order valence-corrected chi connectivity index (χ2v) is 7.14. The number of anilines is 1. The lowest BCUT2D eigenvalue weighted by atomic mass is 9.99. The summed E-state index contributed by atoms with van der Waals surface area (Å²) in [6.07, 6.45) is 5.01. The predicted molar refractivity (Wildman–Crippen MR) is 102 cm³/mol. The van der Waals surface area contributed by atoms with Gasteiger partial charge in [0, 0.05) is 35.1 Å². The van der Waals surface area contributed by atoms with Gasteiger partial charge >= 0.3 is 0 Å². The number of pyridine rings is 1. The van der Waals surface area contributed by atoms with Gasteiger partial charge in [-0.15, -0.1) is 0 Å². The first-order valence-corrected chi connectivity index (χ1v) is 8.73. The van der Waals surface area contributed by atoms with Crippen LogP contribution in [-0.4, -0.2) is 16.1 Å². The van der Waals surface area contributed by atoms with E-state index in [2.05, 4.69) is 10.3 Å². The summed E-state index contributed by atoms with van der Waals surface area (Å²) >= 11 is 0.857. The minimum atomic E-state index is -0.413. The minimum Gasteiger partial charge on any atom is -0.456 e. The van der Waals surface area contributed by atoms with E-state index in [1.165, 1.54) is 0 Å². The number of carbonyl (C=O) groups excluding carboxylic acids is 2. The molecule has 0 atom stereocenters. The van der Waals surface area contributed by atoms with Crippen molar-refractivity contribution in [1.82, 2.24) is 10.3 Å². The number of aryl methyl sites for hydroxylation is 2. The summed E-state index contributed by atoms with van der Waals surface area (Å²) in [5.74, 6) is 0.0778. The number of aromatic nitrogens is 1. The number of hydrogen-bond donors (Lipinski definition) is 2. The molecule has 2 amide bonds. The Hall–Kier alpha value is -3.06. The third-order valence-electron chi connectivity index (χ3n) is 4.26. The normalized spacial score (nSPS) is 15.8. The fraction of sp³-hybridized carbons (Fsp3) is 0.105. The van der Waals surface area contributed by atoms with Crippen molar-refractivity contribution in [2.45, 2.75) is 13.8 Å². The number of furan rings is 1. The number of fused-ring (bicyclic) bond motifs is 1. The van der Waals surface area contributed by atoms with Crippen molar-refractivity contribution in [3.8, 4) is 11.1 Å². The van der Waals surface area contributed by atoms with Crippen LogP contribution >= 0.6 is 11.8 Å². The lowest BCUT2D eigenvalue weighted by Gasteiger charge is -2.09. The Bertz CT molecular complexity index is 1090. The summed E-state index contributed by atoms with van der Waals surface area (Å²) < 4.78 is 5.96. The first-order valence-electron chi connectivity index (χ1n) is 7.92. The van der Waals surface area contributed by atoms with Crippen LogP contribution in [0, 0.1) is 13.8 Å². The highest BCUT2D eigenvalue weighted by Gasteiger charge is 2.25. The van der Waals surface area contributed by atoms with Gasteiger partial charge in [-0.2, -0.15) is 0 Å². The number of benzene rings is 1. The van der Waals surface area contributed by atoms with Crippen molar-refractivity contribution in [2.75, 3.05) is 5.73 Å². The molecule has 0 aliphatic carbocycles. The predicted octanol–water partition coefficient (Wildman–Crippen LogP) is 4.02. The maximum Gasteiger partial charge on any atom is 0.290 e. The molecule has 3 heterocycles. The smallest absolute Gasteiger partial charge is 0.290 e. The Morgan fingerprint density at radius 3 is 2.54 bits per heavy atom. The highest BCUT2D eigenvalue weighted by molar-refractivity contribution is 8.18. The molecule has 3 N–H and O–H groups in total. The molecule has 1 saturated heterocycles. The van der Waals surface area contributed by atoms with Crippen LogP contribution in [0.2, 0.25) is 0 Å². The van der Waals surface area contributed by atoms with Gasteiger partial charge in [-0.25, -0.2) is 0 Å². The van der Waals surface area contributed by atoms with Gasteiger partial charge in [0.15, 0.2) is 0 Å². The van der Waals surface area contributed by atoms with E-state index in [9.17, 15) is 9.59 Å². The number of rotatable bonds is 2. The summed E-state index contributed by atoms with van der Waals surface area (Å²) in [7, 11) is 0. The van der Waals surface area contributed by atoms with Crippen LogP contribution in [0.5, 0.6) is 0 Å².